The molecule has 0 aliphatic rings. The van der Waals surface area contributed by atoms with Crippen LogP contribution >= 0.6 is 0 Å². The molecule has 2 heterocycles. The molecule has 7 heteroatoms. The van der Waals surface area contributed by atoms with Gasteiger partial charge in [0.05, 0.1) is 18.9 Å². The molecule has 0 radical (unpaired) electrons. The summed E-state index contributed by atoms with van der Waals surface area (Å²) < 4.78 is 5.19. The van der Waals surface area contributed by atoms with Crippen LogP contribution in [0.4, 0.5) is 0 Å². The fourth-order valence-corrected chi connectivity index (χ4v) is 2.95. The Bertz CT molecular complexity index is 1190. The van der Waals surface area contributed by atoms with E-state index in [4.69, 9.17) is 4.74 Å². The second-order valence-corrected chi connectivity index (χ2v) is 5.93. The maximum absolute atomic E-state index is 12.4. The number of carbonyl (C=O) groups excluding carboxylic acids is 2. The zero-order valence-electron chi connectivity index (χ0n) is 14.4. The number of aromatic nitrogens is 2. The highest BCUT2D eigenvalue weighted by Gasteiger charge is 2.19. The lowest BCUT2D eigenvalue weighted by atomic mass is 10.1. The number of nitrogens with zero attached hydrogens (tertiary/aromatic N) is 1. The van der Waals surface area contributed by atoms with E-state index in [1.807, 2.05) is 36.4 Å². The summed E-state index contributed by atoms with van der Waals surface area (Å²) in [6.07, 6.45) is 4.79. The van der Waals surface area contributed by atoms with Crippen LogP contribution in [0.1, 0.15) is 15.9 Å². The number of rotatable bonds is 5. The molecule has 1 amide bonds. The van der Waals surface area contributed by atoms with Gasteiger partial charge in [-0.1, -0.05) is 18.2 Å². The third-order valence-corrected chi connectivity index (χ3v) is 4.33. The third-order valence-electron chi connectivity index (χ3n) is 4.33. The number of methoxy groups -OCH3 is 1. The number of aromatic amines is 2. The second-order valence-electron chi connectivity index (χ2n) is 5.93. The van der Waals surface area contributed by atoms with Crippen molar-refractivity contribution in [1.29, 1.82) is 0 Å². The van der Waals surface area contributed by atoms with E-state index in [1.54, 1.807) is 19.4 Å². The Labute approximate surface area is 154 Å². The first kappa shape index (κ1) is 16.6. The molecule has 27 heavy (non-hydrogen) atoms. The number of ketones is 1. The maximum atomic E-state index is 12.4. The van der Waals surface area contributed by atoms with E-state index in [9.17, 15) is 9.59 Å². The quantitative estimate of drug-likeness (QED) is 0.221. The Morgan fingerprint density at radius 2 is 1.85 bits per heavy atom. The average molecular weight is 360 g/mol. The molecule has 4 rings (SSSR count). The van der Waals surface area contributed by atoms with Crippen molar-refractivity contribution < 1.29 is 14.3 Å². The molecular formula is C20H16N4O3. The zero-order valence-corrected chi connectivity index (χ0v) is 14.4. The van der Waals surface area contributed by atoms with Crippen LogP contribution in [-0.2, 0) is 4.79 Å². The molecule has 0 atom stereocenters. The topological polar surface area (TPSA) is 99.3 Å². The largest absolute Gasteiger partial charge is 0.497 e. The van der Waals surface area contributed by atoms with Crippen LogP contribution in [0, 0.1) is 0 Å². The lowest BCUT2D eigenvalue weighted by Crippen LogP contribution is -2.27. The Kier molecular flexibility index (Phi) is 4.18. The first-order valence-electron chi connectivity index (χ1n) is 8.26. The van der Waals surface area contributed by atoms with Crippen molar-refractivity contribution in [3.8, 4) is 5.75 Å². The summed E-state index contributed by atoms with van der Waals surface area (Å²) in [5, 5.41) is 5.54. The minimum Gasteiger partial charge on any atom is -0.497 e. The normalized spacial score (nSPS) is 11.3. The average Bonchev–Trinajstić information content (AvgIpc) is 3.31. The number of hydrazone groups is 1. The lowest BCUT2D eigenvalue weighted by Gasteiger charge is -1.99. The number of hydrogen-bond donors (Lipinski definition) is 3. The SMILES string of the molecule is COc1ccc2c(/C=N/NC(=O)C(=O)c3c[nH]c4ccccc34)c[nH]c2c1. The smallest absolute Gasteiger partial charge is 0.312 e. The molecule has 0 spiro atoms. The van der Waals surface area contributed by atoms with E-state index in [1.165, 1.54) is 12.4 Å². The second kappa shape index (κ2) is 6.80. The fraction of sp³-hybridized carbons (Fsp3) is 0.0500. The molecule has 2 aromatic carbocycles. The number of carbonyl (C=O) groups is 2. The summed E-state index contributed by atoms with van der Waals surface area (Å²) >= 11 is 0. The number of Topliss-reactive ketones (excluding diaryl/α,β-unsaturated/α-hetero) is 1. The van der Waals surface area contributed by atoms with Gasteiger partial charge in [0.1, 0.15) is 5.75 Å². The van der Waals surface area contributed by atoms with Crippen molar-refractivity contribution in [2.75, 3.05) is 7.11 Å². The molecular weight excluding hydrogens is 344 g/mol. The number of H-pyrrole nitrogens is 2. The standard InChI is InChI=1S/C20H16N4O3/c1-27-13-6-7-14-12(9-21-18(14)8-13)10-23-24-20(26)19(25)16-11-22-17-5-3-2-4-15(16)17/h2-11,21-22H,1H3,(H,24,26)/b23-10+. The van der Waals surface area contributed by atoms with E-state index >= 15 is 0 Å². The molecule has 0 bridgehead atoms. The molecule has 3 N–H and O–H groups in total. The molecule has 134 valence electrons. The molecule has 0 aliphatic carbocycles. The van der Waals surface area contributed by atoms with Gasteiger partial charge in [0, 0.05) is 45.8 Å². The number of para-hydroxylation sites is 1. The number of ether oxygens (including phenoxy) is 1. The summed E-state index contributed by atoms with van der Waals surface area (Å²) in [7, 11) is 1.60. The predicted molar refractivity (Wildman–Crippen MR) is 103 cm³/mol. The van der Waals surface area contributed by atoms with Gasteiger partial charge in [-0.05, 0) is 18.2 Å². The number of benzene rings is 2. The van der Waals surface area contributed by atoms with Gasteiger partial charge >= 0.3 is 5.91 Å². The van der Waals surface area contributed by atoms with Crippen molar-refractivity contribution in [2.24, 2.45) is 5.10 Å². The van der Waals surface area contributed by atoms with Crippen molar-refractivity contribution in [3.63, 3.8) is 0 Å². The molecule has 4 aromatic rings. The highest BCUT2D eigenvalue weighted by atomic mass is 16.5. The van der Waals surface area contributed by atoms with Crippen LogP contribution in [-0.4, -0.2) is 35.0 Å². The van der Waals surface area contributed by atoms with Crippen molar-refractivity contribution in [2.45, 2.75) is 0 Å². The first-order valence-corrected chi connectivity index (χ1v) is 8.26. The van der Waals surface area contributed by atoms with Gasteiger partial charge in [0.2, 0.25) is 0 Å². The Balaban J connectivity index is 1.49. The number of amides is 1. The van der Waals surface area contributed by atoms with E-state index in [0.29, 0.717) is 10.9 Å². The van der Waals surface area contributed by atoms with Gasteiger partial charge in [0.15, 0.2) is 0 Å². The highest BCUT2D eigenvalue weighted by molar-refractivity contribution is 6.44. The van der Waals surface area contributed by atoms with Crippen LogP contribution in [0.5, 0.6) is 5.75 Å². The lowest BCUT2D eigenvalue weighted by molar-refractivity contribution is -0.116. The van der Waals surface area contributed by atoms with Crippen LogP contribution in [0.15, 0.2) is 60.0 Å². The predicted octanol–water partition coefficient (Wildman–Crippen LogP) is 2.99. The van der Waals surface area contributed by atoms with Gasteiger partial charge < -0.3 is 14.7 Å². The van der Waals surface area contributed by atoms with Gasteiger partial charge in [-0.15, -0.1) is 0 Å². The van der Waals surface area contributed by atoms with Gasteiger partial charge in [-0.25, -0.2) is 5.43 Å². The summed E-state index contributed by atoms with van der Waals surface area (Å²) in [4.78, 5) is 30.6. The molecule has 0 aliphatic heterocycles. The molecule has 7 nitrogen and oxygen atoms in total. The van der Waals surface area contributed by atoms with E-state index in [0.717, 1.165) is 27.7 Å². The Morgan fingerprint density at radius 3 is 2.70 bits per heavy atom. The van der Waals surface area contributed by atoms with E-state index in [2.05, 4.69) is 20.5 Å². The molecule has 2 aromatic heterocycles. The van der Waals surface area contributed by atoms with Crippen molar-refractivity contribution in [3.05, 3.63) is 66.0 Å². The first-order chi connectivity index (χ1) is 13.2. The molecule has 0 unspecified atom stereocenters. The summed E-state index contributed by atoms with van der Waals surface area (Å²) in [6, 6.07) is 12.9. The maximum Gasteiger partial charge on any atom is 0.312 e. The number of nitrogens with one attached hydrogen (secondary N) is 3. The van der Waals surface area contributed by atoms with Gasteiger partial charge in [-0.2, -0.15) is 5.10 Å². The summed E-state index contributed by atoms with van der Waals surface area (Å²) in [6.45, 7) is 0. The molecule has 0 fully saturated rings. The molecule has 0 saturated carbocycles. The van der Waals surface area contributed by atoms with Crippen LogP contribution in [0.3, 0.4) is 0 Å². The Morgan fingerprint density at radius 1 is 1.04 bits per heavy atom. The van der Waals surface area contributed by atoms with Crippen LogP contribution in [0.25, 0.3) is 21.8 Å². The highest BCUT2D eigenvalue weighted by Crippen LogP contribution is 2.22. The molecule has 0 saturated heterocycles. The zero-order chi connectivity index (χ0) is 18.8. The monoisotopic (exact) mass is 360 g/mol. The number of fused-ring (bicyclic) bond motifs is 2. The fourth-order valence-electron chi connectivity index (χ4n) is 2.95. The minimum absolute atomic E-state index is 0.317. The van der Waals surface area contributed by atoms with Gasteiger partial charge in [-0.3, -0.25) is 9.59 Å². The van der Waals surface area contributed by atoms with Gasteiger partial charge in [0.25, 0.3) is 5.78 Å². The minimum atomic E-state index is -0.794. The van der Waals surface area contributed by atoms with Crippen molar-refractivity contribution >= 4 is 39.7 Å². The number of hydrogen-bond acceptors (Lipinski definition) is 4. The Hall–Kier alpha value is -3.87. The van der Waals surface area contributed by atoms with E-state index < -0.39 is 11.7 Å². The van der Waals surface area contributed by atoms with Crippen LogP contribution in [0.2, 0.25) is 0 Å². The van der Waals surface area contributed by atoms with Crippen LogP contribution < -0.4 is 10.2 Å². The summed E-state index contributed by atoms with van der Waals surface area (Å²) in [5.41, 5.74) is 5.07. The summed E-state index contributed by atoms with van der Waals surface area (Å²) in [5.74, 6) is -0.698. The van der Waals surface area contributed by atoms with E-state index in [-0.39, 0.29) is 0 Å². The van der Waals surface area contributed by atoms with Crippen molar-refractivity contribution in [1.82, 2.24) is 15.4 Å². The third kappa shape index (κ3) is 3.06.